The maximum absolute atomic E-state index is 12.6. The van der Waals surface area contributed by atoms with Crippen molar-refractivity contribution in [1.29, 1.82) is 0 Å². The number of hydrogen-bond acceptors (Lipinski definition) is 7. The Kier molecular flexibility index (Phi) is 4.15. The van der Waals surface area contributed by atoms with E-state index in [9.17, 15) is 19.7 Å². The van der Waals surface area contributed by atoms with Crippen LogP contribution in [0.5, 0.6) is 11.5 Å². The van der Waals surface area contributed by atoms with Crippen LogP contribution in [0.1, 0.15) is 16.7 Å². The van der Waals surface area contributed by atoms with Gasteiger partial charge in [0.05, 0.1) is 17.1 Å². The summed E-state index contributed by atoms with van der Waals surface area (Å²) in [5, 5.41) is 18.3. The summed E-state index contributed by atoms with van der Waals surface area (Å²) in [6.07, 6.45) is -0.0701. The Bertz CT molecular complexity index is 1030. The molecule has 0 unspecified atom stereocenters. The lowest BCUT2D eigenvalue weighted by Gasteiger charge is -2.14. The van der Waals surface area contributed by atoms with Gasteiger partial charge in [-0.05, 0) is 29.8 Å². The fraction of sp³-hybridized carbons (Fsp3) is 0.167. The molecule has 0 spiro atoms. The summed E-state index contributed by atoms with van der Waals surface area (Å²) in [5.74, 6) is 0.480. The zero-order valence-corrected chi connectivity index (χ0v) is 14.7. The molecule has 2 aliphatic rings. The van der Waals surface area contributed by atoms with Crippen molar-refractivity contribution >= 4 is 23.3 Å². The first kappa shape index (κ1) is 17.5. The number of ether oxygens (including phenoxy) is 2. The summed E-state index contributed by atoms with van der Waals surface area (Å²) in [6, 6.07) is 8.40. The number of imide groups is 1. The quantitative estimate of drug-likeness (QED) is 0.624. The normalized spacial score (nSPS) is 14.8. The molecule has 2 heterocycles. The van der Waals surface area contributed by atoms with Gasteiger partial charge in [0.2, 0.25) is 6.79 Å². The van der Waals surface area contributed by atoms with Crippen molar-refractivity contribution < 1.29 is 24.0 Å². The van der Waals surface area contributed by atoms with Gasteiger partial charge in [0.15, 0.2) is 11.5 Å². The molecule has 28 heavy (non-hydrogen) atoms. The molecular weight excluding hydrogens is 368 g/mol. The number of nitro groups is 1. The van der Waals surface area contributed by atoms with E-state index in [4.69, 9.17) is 9.47 Å². The molecular formula is C18H14N4O6. The van der Waals surface area contributed by atoms with Crippen LogP contribution < -0.4 is 14.8 Å². The molecule has 0 radical (unpaired) electrons. The maximum Gasteiger partial charge on any atom is 0.344 e. The topological polar surface area (TPSA) is 123 Å². The molecule has 0 fully saturated rings. The minimum atomic E-state index is -0.683. The van der Waals surface area contributed by atoms with E-state index in [2.05, 4.69) is 10.4 Å². The molecule has 2 aliphatic heterocycles. The van der Waals surface area contributed by atoms with E-state index in [1.807, 2.05) is 0 Å². The largest absolute Gasteiger partial charge is 0.454 e. The van der Waals surface area contributed by atoms with E-state index < -0.39 is 16.9 Å². The molecule has 2 aromatic rings. The predicted octanol–water partition coefficient (Wildman–Crippen LogP) is 1.80. The van der Waals surface area contributed by atoms with Crippen LogP contribution in [0.3, 0.4) is 0 Å². The third-order valence-electron chi connectivity index (χ3n) is 4.39. The smallest absolute Gasteiger partial charge is 0.344 e. The molecule has 142 valence electrons. The van der Waals surface area contributed by atoms with Crippen LogP contribution in [-0.4, -0.2) is 41.4 Å². The van der Waals surface area contributed by atoms with E-state index in [0.717, 1.165) is 5.01 Å². The average molecular weight is 382 g/mol. The molecule has 0 bridgehead atoms. The number of benzene rings is 2. The van der Waals surface area contributed by atoms with Gasteiger partial charge in [-0.2, -0.15) is 5.10 Å². The Morgan fingerprint density at radius 2 is 1.89 bits per heavy atom. The van der Waals surface area contributed by atoms with Gasteiger partial charge >= 0.3 is 6.03 Å². The van der Waals surface area contributed by atoms with Gasteiger partial charge in [-0.25, -0.2) is 4.79 Å². The summed E-state index contributed by atoms with van der Waals surface area (Å²) < 4.78 is 10.8. The third kappa shape index (κ3) is 2.90. The van der Waals surface area contributed by atoms with Crippen molar-refractivity contribution in [2.45, 2.75) is 6.42 Å². The van der Waals surface area contributed by atoms with Crippen LogP contribution in [0, 0.1) is 10.1 Å². The Morgan fingerprint density at radius 1 is 1.21 bits per heavy atom. The number of urea groups is 1. The third-order valence-corrected chi connectivity index (χ3v) is 4.39. The molecule has 10 heteroatoms. The lowest BCUT2D eigenvalue weighted by molar-refractivity contribution is -0.384. The van der Waals surface area contributed by atoms with Crippen molar-refractivity contribution in [3.8, 4) is 11.5 Å². The second-order valence-electron chi connectivity index (χ2n) is 6.05. The number of non-ortho nitro benzene ring substituents is 1. The number of amides is 3. The standard InChI is InChI=1S/C18H14N4O6/c1-19-18(24)21-16(23)7-11-6-14-15(28-9-27-14)8-13(11)17(20-21)10-2-4-12(5-3-10)22(25)26/h2-6,8H,7,9H2,1H3,(H,19,24). The summed E-state index contributed by atoms with van der Waals surface area (Å²) >= 11 is 0. The van der Waals surface area contributed by atoms with Crippen LogP contribution in [0.15, 0.2) is 41.5 Å². The van der Waals surface area contributed by atoms with Gasteiger partial charge < -0.3 is 14.8 Å². The maximum atomic E-state index is 12.6. The lowest BCUT2D eigenvalue weighted by atomic mass is 9.95. The highest BCUT2D eigenvalue weighted by Crippen LogP contribution is 2.37. The van der Waals surface area contributed by atoms with Crippen LogP contribution in [-0.2, 0) is 11.2 Å². The van der Waals surface area contributed by atoms with Crippen LogP contribution in [0.2, 0.25) is 0 Å². The summed E-state index contributed by atoms with van der Waals surface area (Å²) in [5.41, 5.74) is 1.94. The van der Waals surface area contributed by atoms with Gasteiger partial charge in [0, 0.05) is 30.3 Å². The Labute approximate surface area is 158 Å². The number of hydrogen-bond donors (Lipinski definition) is 1. The number of fused-ring (bicyclic) bond motifs is 2. The highest BCUT2D eigenvalue weighted by atomic mass is 16.7. The molecule has 3 amide bonds. The number of carbonyl (C=O) groups is 2. The molecule has 10 nitrogen and oxygen atoms in total. The molecule has 1 N–H and O–H groups in total. The summed E-state index contributed by atoms with van der Waals surface area (Å²) in [6.45, 7) is 0.0700. The first-order valence-corrected chi connectivity index (χ1v) is 8.29. The number of nitrogens with one attached hydrogen (secondary N) is 1. The fourth-order valence-electron chi connectivity index (χ4n) is 3.02. The average Bonchev–Trinajstić information content (AvgIpc) is 3.09. The van der Waals surface area contributed by atoms with Crippen LogP contribution in [0.25, 0.3) is 0 Å². The fourth-order valence-corrected chi connectivity index (χ4v) is 3.02. The lowest BCUT2D eigenvalue weighted by Crippen LogP contribution is -2.39. The molecule has 0 aliphatic carbocycles. The number of carbonyl (C=O) groups excluding carboxylic acids is 2. The molecule has 0 saturated heterocycles. The van der Waals surface area contributed by atoms with Gasteiger partial charge in [-0.3, -0.25) is 14.9 Å². The van der Waals surface area contributed by atoms with E-state index in [1.54, 1.807) is 12.1 Å². The Hall–Kier alpha value is -3.95. The molecule has 0 saturated carbocycles. The highest BCUT2D eigenvalue weighted by molar-refractivity contribution is 6.16. The van der Waals surface area contributed by atoms with Gasteiger partial charge in [0.25, 0.3) is 11.6 Å². The Balaban J connectivity index is 1.89. The number of nitro benzene ring substituents is 1. The van der Waals surface area contributed by atoms with Crippen molar-refractivity contribution in [2.75, 3.05) is 13.8 Å². The summed E-state index contributed by atoms with van der Waals surface area (Å²) in [7, 11) is 1.39. The minimum Gasteiger partial charge on any atom is -0.454 e. The predicted molar refractivity (Wildman–Crippen MR) is 96.3 cm³/mol. The SMILES string of the molecule is CNC(=O)N1N=C(c2ccc([N+](=O)[O-])cc2)c2cc3c(cc2CC1=O)OCO3. The van der Waals surface area contributed by atoms with Gasteiger partial charge in [-0.1, -0.05) is 0 Å². The molecule has 0 atom stereocenters. The van der Waals surface area contributed by atoms with Crippen molar-refractivity contribution in [3.05, 3.63) is 63.2 Å². The second kappa shape index (κ2) is 6.65. The number of nitrogens with zero attached hydrogens (tertiary/aromatic N) is 3. The van der Waals surface area contributed by atoms with Crippen LogP contribution >= 0.6 is 0 Å². The zero-order chi connectivity index (χ0) is 19.8. The van der Waals surface area contributed by atoms with Crippen LogP contribution in [0.4, 0.5) is 10.5 Å². The van der Waals surface area contributed by atoms with Crippen molar-refractivity contribution in [2.24, 2.45) is 5.10 Å². The first-order chi connectivity index (χ1) is 13.5. The molecule has 2 aromatic carbocycles. The van der Waals surface area contributed by atoms with Gasteiger partial charge in [0.1, 0.15) is 0 Å². The zero-order valence-electron chi connectivity index (χ0n) is 14.7. The van der Waals surface area contributed by atoms with E-state index in [-0.39, 0.29) is 18.9 Å². The van der Waals surface area contributed by atoms with Crippen molar-refractivity contribution in [1.82, 2.24) is 10.3 Å². The van der Waals surface area contributed by atoms with Gasteiger partial charge in [-0.15, -0.1) is 5.01 Å². The van der Waals surface area contributed by atoms with Crippen molar-refractivity contribution in [3.63, 3.8) is 0 Å². The molecule has 4 rings (SSSR count). The highest BCUT2D eigenvalue weighted by Gasteiger charge is 2.30. The molecule has 0 aromatic heterocycles. The minimum absolute atomic E-state index is 0.0700. The van der Waals surface area contributed by atoms with E-state index >= 15 is 0 Å². The van der Waals surface area contributed by atoms with E-state index in [0.29, 0.717) is 33.9 Å². The summed E-state index contributed by atoms with van der Waals surface area (Å²) in [4.78, 5) is 35.2. The monoisotopic (exact) mass is 382 g/mol. The van der Waals surface area contributed by atoms with E-state index in [1.165, 1.54) is 31.3 Å². The Morgan fingerprint density at radius 3 is 2.54 bits per heavy atom. The first-order valence-electron chi connectivity index (χ1n) is 8.29. The number of hydrazone groups is 1. The number of rotatable bonds is 2. The second-order valence-corrected chi connectivity index (χ2v) is 6.05.